The summed E-state index contributed by atoms with van der Waals surface area (Å²) in [6.07, 6.45) is -0.565. The van der Waals surface area contributed by atoms with Crippen LogP contribution in [0, 0.1) is 17.7 Å². The zero-order valence-electron chi connectivity index (χ0n) is 7.72. The number of rotatable bonds is 2. The molecule has 0 aliphatic rings. The molecule has 0 amide bonds. The fraction of sp³-hybridized carbons (Fsp3) is 0.273. The van der Waals surface area contributed by atoms with Gasteiger partial charge in [0.15, 0.2) is 0 Å². The number of aliphatic hydroxyl groups is 1. The third-order valence-electron chi connectivity index (χ3n) is 1.79. The van der Waals surface area contributed by atoms with Crippen molar-refractivity contribution < 1.29 is 9.50 Å². The van der Waals surface area contributed by atoms with E-state index in [0.717, 1.165) is 0 Å². The van der Waals surface area contributed by atoms with Crippen LogP contribution in [0.25, 0.3) is 0 Å². The van der Waals surface area contributed by atoms with Crippen molar-refractivity contribution >= 4 is 11.6 Å². The number of benzene rings is 1. The zero-order chi connectivity index (χ0) is 10.6. The predicted octanol–water partition coefficient (Wildman–Crippen LogP) is 2.93. The minimum absolute atomic E-state index is 0.264. The Hall–Kier alpha value is -1.04. The summed E-state index contributed by atoms with van der Waals surface area (Å²) >= 11 is 5.80. The molecule has 1 rings (SSSR count). The van der Waals surface area contributed by atoms with Gasteiger partial charge in [-0.15, -0.1) is 11.8 Å². The lowest BCUT2D eigenvalue weighted by molar-refractivity contribution is 0.183. The fourth-order valence-electron chi connectivity index (χ4n) is 1.08. The van der Waals surface area contributed by atoms with Crippen LogP contribution in [-0.2, 0) is 0 Å². The van der Waals surface area contributed by atoms with Crippen molar-refractivity contribution in [1.29, 1.82) is 0 Å². The van der Waals surface area contributed by atoms with E-state index in [4.69, 9.17) is 11.6 Å². The average molecular weight is 213 g/mol. The molecule has 1 unspecified atom stereocenters. The summed E-state index contributed by atoms with van der Waals surface area (Å²) < 4.78 is 12.8. The second-order valence-electron chi connectivity index (χ2n) is 2.81. The molecule has 0 aliphatic heterocycles. The van der Waals surface area contributed by atoms with Gasteiger partial charge in [-0.05, 0) is 25.1 Å². The van der Waals surface area contributed by atoms with Gasteiger partial charge in [0.1, 0.15) is 5.82 Å². The van der Waals surface area contributed by atoms with Gasteiger partial charge in [0, 0.05) is 17.0 Å². The molecule has 1 N–H and O–H groups in total. The SMILES string of the molecule is CC#CCC(O)c1cc(F)ccc1Cl. The van der Waals surface area contributed by atoms with Crippen LogP contribution in [0.2, 0.25) is 5.02 Å². The molecule has 0 saturated heterocycles. The Morgan fingerprint density at radius 1 is 1.57 bits per heavy atom. The second-order valence-corrected chi connectivity index (χ2v) is 3.22. The Balaban J connectivity index is 2.91. The summed E-state index contributed by atoms with van der Waals surface area (Å²) in [5.74, 6) is 4.96. The minimum atomic E-state index is -0.828. The number of halogens is 2. The van der Waals surface area contributed by atoms with Crippen LogP contribution in [0.4, 0.5) is 4.39 Å². The maximum Gasteiger partial charge on any atom is 0.123 e. The molecule has 0 saturated carbocycles. The van der Waals surface area contributed by atoms with Crippen LogP contribution in [0.3, 0.4) is 0 Å². The molecule has 0 aromatic heterocycles. The Morgan fingerprint density at radius 2 is 2.29 bits per heavy atom. The summed E-state index contributed by atoms with van der Waals surface area (Å²) in [5, 5.41) is 9.96. The van der Waals surface area contributed by atoms with Gasteiger partial charge in [-0.25, -0.2) is 4.39 Å². The van der Waals surface area contributed by atoms with E-state index < -0.39 is 11.9 Å². The van der Waals surface area contributed by atoms with Gasteiger partial charge in [-0.1, -0.05) is 11.6 Å². The van der Waals surface area contributed by atoms with E-state index in [0.29, 0.717) is 10.6 Å². The first-order valence-electron chi connectivity index (χ1n) is 4.17. The molecule has 0 heterocycles. The fourth-order valence-corrected chi connectivity index (χ4v) is 1.32. The topological polar surface area (TPSA) is 20.2 Å². The maximum atomic E-state index is 12.8. The third kappa shape index (κ3) is 2.73. The van der Waals surface area contributed by atoms with Crippen molar-refractivity contribution in [2.45, 2.75) is 19.4 Å². The second kappa shape index (κ2) is 4.99. The maximum absolute atomic E-state index is 12.8. The predicted molar refractivity (Wildman–Crippen MR) is 54.4 cm³/mol. The largest absolute Gasteiger partial charge is 0.387 e. The standard InChI is InChI=1S/C11H10ClFO/c1-2-3-4-11(14)9-7-8(13)5-6-10(9)12/h5-7,11,14H,4H2,1H3. The molecule has 0 bridgehead atoms. The van der Waals surface area contributed by atoms with E-state index in [1.54, 1.807) is 6.92 Å². The lowest BCUT2D eigenvalue weighted by Gasteiger charge is -2.09. The molecular weight excluding hydrogens is 203 g/mol. The summed E-state index contributed by atoms with van der Waals surface area (Å²) in [6.45, 7) is 1.68. The molecule has 0 spiro atoms. The molecule has 0 radical (unpaired) electrons. The van der Waals surface area contributed by atoms with Gasteiger partial charge in [0.2, 0.25) is 0 Å². The smallest absolute Gasteiger partial charge is 0.123 e. The van der Waals surface area contributed by atoms with Crippen molar-refractivity contribution in [1.82, 2.24) is 0 Å². The van der Waals surface area contributed by atoms with E-state index in [1.165, 1.54) is 18.2 Å². The molecule has 3 heteroatoms. The van der Waals surface area contributed by atoms with E-state index in [1.807, 2.05) is 0 Å². The molecular formula is C11H10ClFO. The monoisotopic (exact) mass is 212 g/mol. The van der Waals surface area contributed by atoms with Crippen LogP contribution in [0.1, 0.15) is 25.0 Å². The molecule has 1 atom stereocenters. The highest BCUT2D eigenvalue weighted by molar-refractivity contribution is 6.31. The lowest BCUT2D eigenvalue weighted by Crippen LogP contribution is -1.97. The summed E-state index contributed by atoms with van der Waals surface area (Å²) in [4.78, 5) is 0. The molecule has 14 heavy (non-hydrogen) atoms. The third-order valence-corrected chi connectivity index (χ3v) is 2.13. The molecule has 0 fully saturated rings. The Bertz CT molecular complexity index is 379. The summed E-state index contributed by atoms with van der Waals surface area (Å²) in [5.41, 5.74) is 0.384. The van der Waals surface area contributed by atoms with Crippen LogP contribution in [0.15, 0.2) is 18.2 Å². The van der Waals surface area contributed by atoms with Gasteiger partial charge < -0.3 is 5.11 Å². The van der Waals surface area contributed by atoms with Gasteiger partial charge >= 0.3 is 0 Å². The highest BCUT2D eigenvalue weighted by Gasteiger charge is 2.10. The van der Waals surface area contributed by atoms with E-state index in [-0.39, 0.29) is 6.42 Å². The Morgan fingerprint density at radius 3 is 2.93 bits per heavy atom. The quantitative estimate of drug-likeness (QED) is 0.748. The molecule has 1 aromatic carbocycles. The minimum Gasteiger partial charge on any atom is -0.387 e. The normalized spacial score (nSPS) is 11.7. The molecule has 1 aromatic rings. The van der Waals surface area contributed by atoms with Crippen molar-refractivity contribution in [2.75, 3.05) is 0 Å². The van der Waals surface area contributed by atoms with Gasteiger partial charge in [-0.2, -0.15) is 0 Å². The van der Waals surface area contributed by atoms with Gasteiger partial charge in [0.05, 0.1) is 6.10 Å². The van der Waals surface area contributed by atoms with Crippen LogP contribution < -0.4 is 0 Å². The van der Waals surface area contributed by atoms with Crippen molar-refractivity contribution in [2.24, 2.45) is 0 Å². The molecule has 1 nitrogen and oxygen atoms in total. The summed E-state index contributed by atoms with van der Waals surface area (Å²) in [7, 11) is 0. The van der Waals surface area contributed by atoms with E-state index >= 15 is 0 Å². The zero-order valence-corrected chi connectivity index (χ0v) is 8.48. The summed E-state index contributed by atoms with van der Waals surface area (Å²) in [6, 6.07) is 3.91. The first-order valence-corrected chi connectivity index (χ1v) is 4.55. The van der Waals surface area contributed by atoms with Crippen LogP contribution in [-0.4, -0.2) is 5.11 Å². The lowest BCUT2D eigenvalue weighted by atomic mass is 10.1. The number of hydrogen-bond acceptors (Lipinski definition) is 1. The first-order chi connectivity index (χ1) is 6.65. The van der Waals surface area contributed by atoms with Crippen LogP contribution in [0.5, 0.6) is 0 Å². The number of aliphatic hydroxyl groups excluding tert-OH is 1. The molecule has 74 valence electrons. The van der Waals surface area contributed by atoms with E-state index in [9.17, 15) is 9.50 Å². The average Bonchev–Trinajstić information content (AvgIpc) is 2.18. The van der Waals surface area contributed by atoms with Crippen LogP contribution >= 0.6 is 11.6 Å². The number of hydrogen-bond donors (Lipinski definition) is 1. The highest BCUT2D eigenvalue weighted by atomic mass is 35.5. The van der Waals surface area contributed by atoms with Crippen molar-refractivity contribution in [3.63, 3.8) is 0 Å². The Kier molecular flexibility index (Phi) is 3.94. The van der Waals surface area contributed by atoms with Gasteiger partial charge in [-0.3, -0.25) is 0 Å². The van der Waals surface area contributed by atoms with Crippen molar-refractivity contribution in [3.05, 3.63) is 34.6 Å². The van der Waals surface area contributed by atoms with Gasteiger partial charge in [0.25, 0.3) is 0 Å². The molecule has 0 aliphatic carbocycles. The first kappa shape index (κ1) is 11.0. The van der Waals surface area contributed by atoms with Crippen molar-refractivity contribution in [3.8, 4) is 11.8 Å². The Labute approximate surface area is 87.5 Å². The highest BCUT2D eigenvalue weighted by Crippen LogP contribution is 2.25. The van der Waals surface area contributed by atoms with E-state index in [2.05, 4.69) is 11.8 Å².